The van der Waals surface area contributed by atoms with Crippen LogP contribution in [0.5, 0.6) is 0 Å². The highest BCUT2D eigenvalue weighted by Crippen LogP contribution is 2.24. The standard InChI is InChI=1S/C9H11NO3/c1-5-8(9(11)12)6-4-10-3-2-7(6)13-5/h10H,2-4H2,1H3,(H,11,12). The fourth-order valence-corrected chi connectivity index (χ4v) is 1.73. The van der Waals surface area contributed by atoms with Gasteiger partial charge in [-0.05, 0) is 6.92 Å². The third-order valence-electron chi connectivity index (χ3n) is 2.31. The normalized spacial score (nSPS) is 15.5. The molecule has 4 nitrogen and oxygen atoms in total. The lowest BCUT2D eigenvalue weighted by Gasteiger charge is -2.11. The Morgan fingerprint density at radius 1 is 1.62 bits per heavy atom. The molecule has 0 amide bonds. The molecule has 2 N–H and O–H groups in total. The van der Waals surface area contributed by atoms with E-state index in [4.69, 9.17) is 9.52 Å². The van der Waals surface area contributed by atoms with Crippen LogP contribution in [0.25, 0.3) is 0 Å². The number of fused-ring (bicyclic) bond motifs is 1. The number of carboxylic acid groups (broad SMARTS) is 1. The van der Waals surface area contributed by atoms with Gasteiger partial charge >= 0.3 is 5.97 Å². The zero-order chi connectivity index (χ0) is 9.42. The van der Waals surface area contributed by atoms with Crippen LogP contribution >= 0.6 is 0 Å². The lowest BCUT2D eigenvalue weighted by atomic mass is 10.0. The number of aryl methyl sites for hydroxylation is 1. The van der Waals surface area contributed by atoms with E-state index in [1.807, 2.05) is 0 Å². The molecule has 0 aromatic carbocycles. The second-order valence-electron chi connectivity index (χ2n) is 3.17. The summed E-state index contributed by atoms with van der Waals surface area (Å²) in [7, 11) is 0. The fraction of sp³-hybridized carbons (Fsp3) is 0.444. The summed E-state index contributed by atoms with van der Waals surface area (Å²) in [6, 6.07) is 0. The average molecular weight is 181 g/mol. The van der Waals surface area contributed by atoms with Crippen LogP contribution in [0.3, 0.4) is 0 Å². The first kappa shape index (κ1) is 8.31. The average Bonchev–Trinajstić information content (AvgIpc) is 2.39. The molecule has 0 spiro atoms. The van der Waals surface area contributed by atoms with Gasteiger partial charge in [-0.3, -0.25) is 0 Å². The molecule has 2 heterocycles. The maximum Gasteiger partial charge on any atom is 0.339 e. The molecular formula is C9H11NO3. The first-order chi connectivity index (χ1) is 6.20. The molecule has 0 unspecified atom stereocenters. The van der Waals surface area contributed by atoms with Crippen LogP contribution in [0.2, 0.25) is 0 Å². The number of hydrogen-bond acceptors (Lipinski definition) is 3. The van der Waals surface area contributed by atoms with Crippen LogP contribution in [-0.4, -0.2) is 17.6 Å². The van der Waals surface area contributed by atoms with Crippen molar-refractivity contribution in [3.8, 4) is 0 Å². The van der Waals surface area contributed by atoms with E-state index in [-0.39, 0.29) is 0 Å². The molecule has 13 heavy (non-hydrogen) atoms. The highest BCUT2D eigenvalue weighted by molar-refractivity contribution is 5.90. The minimum absolute atomic E-state index is 0.335. The fourth-order valence-electron chi connectivity index (χ4n) is 1.73. The third kappa shape index (κ3) is 1.23. The Kier molecular flexibility index (Phi) is 1.84. The first-order valence-electron chi connectivity index (χ1n) is 4.25. The van der Waals surface area contributed by atoms with E-state index in [2.05, 4.69) is 5.32 Å². The summed E-state index contributed by atoms with van der Waals surface area (Å²) in [5.41, 5.74) is 1.15. The molecule has 0 saturated heterocycles. The van der Waals surface area contributed by atoms with Gasteiger partial charge in [0, 0.05) is 25.1 Å². The number of nitrogens with one attached hydrogen (secondary N) is 1. The van der Waals surface area contributed by atoms with Crippen molar-refractivity contribution in [2.75, 3.05) is 6.54 Å². The van der Waals surface area contributed by atoms with Gasteiger partial charge in [0.05, 0.1) is 0 Å². The maximum atomic E-state index is 10.9. The van der Waals surface area contributed by atoms with Crippen molar-refractivity contribution in [1.82, 2.24) is 5.32 Å². The van der Waals surface area contributed by atoms with Gasteiger partial charge in [-0.15, -0.1) is 0 Å². The topological polar surface area (TPSA) is 62.5 Å². The summed E-state index contributed by atoms with van der Waals surface area (Å²) in [6.45, 7) is 3.16. The molecular weight excluding hydrogens is 170 g/mol. The lowest BCUT2D eigenvalue weighted by molar-refractivity contribution is 0.0694. The summed E-state index contributed by atoms with van der Waals surface area (Å²) in [5, 5.41) is 12.0. The van der Waals surface area contributed by atoms with E-state index in [1.165, 1.54) is 0 Å². The number of carboxylic acids is 1. The molecule has 1 aliphatic rings. The molecule has 1 aliphatic heterocycles. The van der Waals surface area contributed by atoms with Gasteiger partial charge in [-0.25, -0.2) is 4.79 Å². The zero-order valence-electron chi connectivity index (χ0n) is 7.39. The molecule has 0 bridgehead atoms. The van der Waals surface area contributed by atoms with E-state index < -0.39 is 5.97 Å². The van der Waals surface area contributed by atoms with Gasteiger partial charge in [-0.2, -0.15) is 0 Å². The zero-order valence-corrected chi connectivity index (χ0v) is 7.39. The number of carbonyl (C=O) groups is 1. The molecule has 70 valence electrons. The van der Waals surface area contributed by atoms with E-state index in [0.29, 0.717) is 17.9 Å². The monoisotopic (exact) mass is 181 g/mol. The molecule has 0 radical (unpaired) electrons. The van der Waals surface area contributed by atoms with Crippen LogP contribution in [0, 0.1) is 6.92 Å². The van der Waals surface area contributed by atoms with E-state index in [0.717, 1.165) is 24.3 Å². The van der Waals surface area contributed by atoms with Crippen molar-refractivity contribution in [2.45, 2.75) is 19.9 Å². The van der Waals surface area contributed by atoms with Crippen molar-refractivity contribution >= 4 is 5.97 Å². The minimum atomic E-state index is -0.897. The Morgan fingerprint density at radius 3 is 3.08 bits per heavy atom. The number of aromatic carboxylic acids is 1. The summed E-state index contributed by atoms with van der Waals surface area (Å²) >= 11 is 0. The second-order valence-corrected chi connectivity index (χ2v) is 3.17. The predicted octanol–water partition coefficient (Wildman–Crippen LogP) is 0.932. The van der Waals surface area contributed by atoms with E-state index in [1.54, 1.807) is 6.92 Å². The maximum absolute atomic E-state index is 10.9. The summed E-state index contributed by atoms with van der Waals surface area (Å²) in [4.78, 5) is 10.9. The Morgan fingerprint density at radius 2 is 2.38 bits per heavy atom. The van der Waals surface area contributed by atoms with Crippen molar-refractivity contribution in [2.24, 2.45) is 0 Å². The van der Waals surface area contributed by atoms with Crippen LogP contribution in [0.4, 0.5) is 0 Å². The van der Waals surface area contributed by atoms with Crippen molar-refractivity contribution < 1.29 is 14.3 Å². The molecule has 0 fully saturated rings. The third-order valence-corrected chi connectivity index (χ3v) is 2.31. The van der Waals surface area contributed by atoms with Crippen LogP contribution in [0.15, 0.2) is 4.42 Å². The van der Waals surface area contributed by atoms with E-state index in [9.17, 15) is 4.79 Å². The van der Waals surface area contributed by atoms with Crippen molar-refractivity contribution in [1.29, 1.82) is 0 Å². The number of furan rings is 1. The van der Waals surface area contributed by atoms with Crippen LogP contribution < -0.4 is 5.32 Å². The smallest absolute Gasteiger partial charge is 0.339 e. The molecule has 4 heteroatoms. The molecule has 2 rings (SSSR count). The second kappa shape index (κ2) is 2.88. The highest BCUT2D eigenvalue weighted by Gasteiger charge is 2.24. The van der Waals surface area contributed by atoms with Gasteiger partial charge < -0.3 is 14.8 Å². The van der Waals surface area contributed by atoms with Gasteiger partial charge in [-0.1, -0.05) is 0 Å². The Hall–Kier alpha value is -1.29. The van der Waals surface area contributed by atoms with Gasteiger partial charge in [0.2, 0.25) is 0 Å². The molecule has 1 aromatic heterocycles. The minimum Gasteiger partial charge on any atom is -0.478 e. The van der Waals surface area contributed by atoms with Crippen molar-refractivity contribution in [3.05, 3.63) is 22.6 Å². The highest BCUT2D eigenvalue weighted by atomic mass is 16.4. The van der Waals surface area contributed by atoms with Crippen LogP contribution in [-0.2, 0) is 13.0 Å². The largest absolute Gasteiger partial charge is 0.478 e. The van der Waals surface area contributed by atoms with E-state index >= 15 is 0 Å². The quantitative estimate of drug-likeness (QED) is 0.676. The molecule has 0 atom stereocenters. The van der Waals surface area contributed by atoms with Crippen molar-refractivity contribution in [3.63, 3.8) is 0 Å². The van der Waals surface area contributed by atoms with Crippen LogP contribution in [0.1, 0.15) is 27.4 Å². The summed E-state index contributed by atoms with van der Waals surface area (Å²) in [5.74, 6) is 0.445. The summed E-state index contributed by atoms with van der Waals surface area (Å²) < 4.78 is 5.38. The van der Waals surface area contributed by atoms with Gasteiger partial charge in [0.1, 0.15) is 17.1 Å². The lowest BCUT2D eigenvalue weighted by Crippen LogP contribution is -2.23. The molecule has 1 aromatic rings. The molecule has 0 saturated carbocycles. The number of rotatable bonds is 1. The molecule has 0 aliphatic carbocycles. The van der Waals surface area contributed by atoms with Gasteiger partial charge in [0.15, 0.2) is 0 Å². The first-order valence-corrected chi connectivity index (χ1v) is 4.25. The van der Waals surface area contributed by atoms with Gasteiger partial charge in [0.25, 0.3) is 0 Å². The Bertz CT molecular complexity index is 354. The predicted molar refractivity (Wildman–Crippen MR) is 45.8 cm³/mol. The Labute approximate surface area is 75.6 Å². The Balaban J connectivity index is 2.54. The SMILES string of the molecule is Cc1oc2c(c1C(=O)O)CNCC2. The number of hydrogen-bond donors (Lipinski definition) is 2. The summed E-state index contributed by atoms with van der Waals surface area (Å²) in [6.07, 6.45) is 0.781.